The molecule has 30 heavy (non-hydrogen) atoms. The van der Waals surface area contributed by atoms with E-state index in [9.17, 15) is 9.59 Å². The van der Waals surface area contributed by atoms with E-state index in [0.717, 1.165) is 43.7 Å². The molecule has 6 heteroatoms. The molecule has 1 saturated heterocycles. The number of nitrogens with one attached hydrogen (secondary N) is 1. The SMILES string of the molecule is O=C(NCC1CC1)c1ccc(CC2CCN(C(=O)c3cn4ccccc4n3)C2)cc1. The molecule has 1 unspecified atom stereocenters. The number of amides is 2. The van der Waals surface area contributed by atoms with Crippen LogP contribution in [0.1, 0.15) is 45.7 Å². The Bertz CT molecular complexity index is 1040. The van der Waals surface area contributed by atoms with Crippen LogP contribution in [0.25, 0.3) is 5.65 Å². The number of aromatic nitrogens is 2. The minimum absolute atomic E-state index is 0.00359. The second kappa shape index (κ2) is 7.94. The molecular weight excluding hydrogens is 376 g/mol. The largest absolute Gasteiger partial charge is 0.352 e. The average molecular weight is 402 g/mol. The molecule has 2 aliphatic rings. The summed E-state index contributed by atoms with van der Waals surface area (Å²) in [6.45, 7) is 2.30. The molecule has 0 radical (unpaired) electrons. The maximum Gasteiger partial charge on any atom is 0.274 e. The van der Waals surface area contributed by atoms with Crippen molar-refractivity contribution < 1.29 is 9.59 Å². The van der Waals surface area contributed by atoms with Gasteiger partial charge in [-0.2, -0.15) is 0 Å². The first-order valence-corrected chi connectivity index (χ1v) is 10.8. The minimum Gasteiger partial charge on any atom is -0.352 e. The van der Waals surface area contributed by atoms with E-state index in [-0.39, 0.29) is 11.8 Å². The van der Waals surface area contributed by atoms with E-state index in [0.29, 0.717) is 17.5 Å². The second-order valence-corrected chi connectivity index (χ2v) is 8.55. The summed E-state index contributed by atoms with van der Waals surface area (Å²) in [5.41, 5.74) is 3.22. The molecule has 3 aromatic rings. The number of nitrogens with zero attached hydrogens (tertiary/aromatic N) is 3. The molecule has 1 aliphatic heterocycles. The summed E-state index contributed by atoms with van der Waals surface area (Å²) in [4.78, 5) is 31.4. The van der Waals surface area contributed by atoms with E-state index in [1.54, 1.807) is 6.20 Å². The van der Waals surface area contributed by atoms with E-state index in [4.69, 9.17) is 0 Å². The maximum absolute atomic E-state index is 12.9. The molecule has 3 heterocycles. The Labute approximate surface area is 175 Å². The Morgan fingerprint density at radius 1 is 1.03 bits per heavy atom. The Balaban J connectivity index is 1.16. The number of fused-ring (bicyclic) bond motifs is 1. The van der Waals surface area contributed by atoms with Gasteiger partial charge in [0.1, 0.15) is 11.3 Å². The smallest absolute Gasteiger partial charge is 0.274 e. The van der Waals surface area contributed by atoms with Crippen LogP contribution in [0.15, 0.2) is 54.9 Å². The molecule has 6 nitrogen and oxygen atoms in total. The highest BCUT2D eigenvalue weighted by atomic mass is 16.2. The van der Waals surface area contributed by atoms with Gasteiger partial charge in [-0.05, 0) is 67.3 Å². The van der Waals surface area contributed by atoms with Gasteiger partial charge in [0.2, 0.25) is 0 Å². The molecule has 1 aromatic carbocycles. The lowest BCUT2D eigenvalue weighted by Gasteiger charge is -2.15. The van der Waals surface area contributed by atoms with E-state index >= 15 is 0 Å². The van der Waals surface area contributed by atoms with E-state index in [1.807, 2.05) is 58.0 Å². The van der Waals surface area contributed by atoms with Gasteiger partial charge < -0.3 is 14.6 Å². The van der Waals surface area contributed by atoms with Crippen molar-refractivity contribution in [2.45, 2.75) is 25.7 Å². The first-order chi connectivity index (χ1) is 14.7. The van der Waals surface area contributed by atoms with Gasteiger partial charge in [-0.25, -0.2) is 4.98 Å². The standard InChI is InChI=1S/C24H26N4O2/c29-23(25-14-18-4-5-18)20-8-6-17(7-9-20)13-19-10-12-28(15-19)24(30)21-16-27-11-2-1-3-22(27)26-21/h1-3,6-9,11,16,18-19H,4-5,10,12-15H2,(H,25,29). The summed E-state index contributed by atoms with van der Waals surface area (Å²) >= 11 is 0. The summed E-state index contributed by atoms with van der Waals surface area (Å²) in [5.74, 6) is 1.13. The van der Waals surface area contributed by atoms with Crippen molar-refractivity contribution in [2.24, 2.45) is 11.8 Å². The van der Waals surface area contributed by atoms with Gasteiger partial charge in [-0.3, -0.25) is 9.59 Å². The van der Waals surface area contributed by atoms with Crippen LogP contribution >= 0.6 is 0 Å². The fourth-order valence-corrected chi connectivity index (χ4v) is 4.17. The van der Waals surface area contributed by atoms with E-state index < -0.39 is 0 Å². The van der Waals surface area contributed by atoms with Crippen molar-refractivity contribution in [3.05, 3.63) is 71.7 Å². The van der Waals surface area contributed by atoms with Crippen molar-refractivity contribution in [2.75, 3.05) is 19.6 Å². The first kappa shape index (κ1) is 18.9. The summed E-state index contributed by atoms with van der Waals surface area (Å²) in [5, 5.41) is 3.01. The zero-order valence-electron chi connectivity index (χ0n) is 17.0. The second-order valence-electron chi connectivity index (χ2n) is 8.55. The lowest BCUT2D eigenvalue weighted by Crippen LogP contribution is -2.29. The van der Waals surface area contributed by atoms with Crippen molar-refractivity contribution in [1.82, 2.24) is 19.6 Å². The fraction of sp³-hybridized carbons (Fsp3) is 0.375. The van der Waals surface area contributed by atoms with E-state index in [1.165, 1.54) is 18.4 Å². The predicted octanol–water partition coefficient (Wildman–Crippen LogP) is 3.18. The first-order valence-electron chi connectivity index (χ1n) is 10.8. The van der Waals surface area contributed by atoms with Crippen LogP contribution in [0.3, 0.4) is 0 Å². The molecule has 1 atom stereocenters. The van der Waals surface area contributed by atoms with Crippen molar-refractivity contribution in [3.63, 3.8) is 0 Å². The zero-order valence-corrected chi connectivity index (χ0v) is 17.0. The normalized spacial score (nSPS) is 18.7. The Hall–Kier alpha value is -3.15. The number of imidazole rings is 1. The number of hydrogen-bond acceptors (Lipinski definition) is 3. The van der Waals surface area contributed by atoms with Gasteiger partial charge >= 0.3 is 0 Å². The fourth-order valence-electron chi connectivity index (χ4n) is 4.17. The number of rotatable bonds is 6. The summed E-state index contributed by atoms with van der Waals surface area (Å²) in [6.07, 6.45) is 8.08. The number of hydrogen-bond donors (Lipinski definition) is 1. The third-order valence-corrected chi connectivity index (χ3v) is 6.14. The van der Waals surface area contributed by atoms with Gasteiger partial charge in [0.25, 0.3) is 11.8 Å². The highest BCUT2D eigenvalue weighted by Crippen LogP contribution is 2.27. The maximum atomic E-state index is 12.9. The predicted molar refractivity (Wildman–Crippen MR) is 114 cm³/mol. The van der Waals surface area contributed by atoms with Crippen LogP contribution in [0.2, 0.25) is 0 Å². The van der Waals surface area contributed by atoms with Crippen LogP contribution in [0, 0.1) is 11.8 Å². The molecule has 2 amide bonds. The summed E-state index contributed by atoms with van der Waals surface area (Å²) in [6, 6.07) is 13.6. The van der Waals surface area contributed by atoms with Gasteiger partial charge in [0.05, 0.1) is 0 Å². The Morgan fingerprint density at radius 2 is 1.87 bits per heavy atom. The highest BCUT2D eigenvalue weighted by molar-refractivity contribution is 5.94. The number of carbonyl (C=O) groups excluding carboxylic acids is 2. The van der Waals surface area contributed by atoms with Crippen LogP contribution < -0.4 is 5.32 Å². The minimum atomic E-state index is 0.00359. The molecule has 1 N–H and O–H groups in total. The summed E-state index contributed by atoms with van der Waals surface area (Å²) < 4.78 is 1.88. The topological polar surface area (TPSA) is 66.7 Å². The van der Waals surface area contributed by atoms with Gasteiger partial charge in [0.15, 0.2) is 0 Å². The number of pyridine rings is 1. The van der Waals surface area contributed by atoms with Gasteiger partial charge in [0, 0.05) is 37.6 Å². The van der Waals surface area contributed by atoms with E-state index in [2.05, 4.69) is 10.3 Å². The third-order valence-electron chi connectivity index (χ3n) is 6.14. The molecule has 1 saturated carbocycles. The molecule has 154 valence electrons. The number of carbonyl (C=O) groups is 2. The molecule has 5 rings (SSSR count). The van der Waals surface area contributed by atoms with Crippen molar-refractivity contribution in [1.29, 1.82) is 0 Å². The number of benzene rings is 1. The van der Waals surface area contributed by atoms with Gasteiger partial charge in [-0.1, -0.05) is 18.2 Å². The zero-order chi connectivity index (χ0) is 20.5. The monoisotopic (exact) mass is 402 g/mol. The summed E-state index contributed by atoms with van der Waals surface area (Å²) in [7, 11) is 0. The quantitative estimate of drug-likeness (QED) is 0.689. The average Bonchev–Trinajstić information content (AvgIpc) is 3.31. The molecule has 0 bridgehead atoms. The lowest BCUT2D eigenvalue weighted by atomic mass is 9.98. The van der Waals surface area contributed by atoms with Crippen LogP contribution in [0.4, 0.5) is 0 Å². The van der Waals surface area contributed by atoms with Crippen molar-refractivity contribution in [3.8, 4) is 0 Å². The lowest BCUT2D eigenvalue weighted by molar-refractivity contribution is 0.0781. The molecule has 0 spiro atoms. The number of likely N-dealkylation sites (tertiary alicyclic amines) is 1. The molecule has 2 fully saturated rings. The van der Waals surface area contributed by atoms with Crippen LogP contribution in [-0.2, 0) is 6.42 Å². The molecular formula is C24H26N4O2. The highest BCUT2D eigenvalue weighted by Gasteiger charge is 2.28. The van der Waals surface area contributed by atoms with Crippen LogP contribution in [0.5, 0.6) is 0 Å². The molecule has 1 aliphatic carbocycles. The molecule has 2 aromatic heterocycles. The Kier molecular flexibility index (Phi) is 4.99. The van der Waals surface area contributed by atoms with Crippen LogP contribution in [-0.4, -0.2) is 45.7 Å². The Morgan fingerprint density at radius 3 is 2.63 bits per heavy atom. The van der Waals surface area contributed by atoms with Gasteiger partial charge in [-0.15, -0.1) is 0 Å². The third kappa shape index (κ3) is 4.08. The van der Waals surface area contributed by atoms with Crippen molar-refractivity contribution >= 4 is 17.5 Å².